The van der Waals surface area contributed by atoms with Crippen LogP contribution >= 0.6 is 11.3 Å². The third-order valence-corrected chi connectivity index (χ3v) is 3.68. The lowest BCUT2D eigenvalue weighted by Gasteiger charge is -2.03. The quantitative estimate of drug-likeness (QED) is 0.832. The average Bonchev–Trinajstić information content (AvgIpc) is 2.87. The van der Waals surface area contributed by atoms with Crippen LogP contribution in [-0.4, -0.2) is 25.2 Å². The van der Waals surface area contributed by atoms with E-state index >= 15 is 0 Å². The van der Waals surface area contributed by atoms with Gasteiger partial charge in [-0.1, -0.05) is 0 Å². The number of hydrogen-bond acceptors (Lipinski definition) is 4. The molecule has 0 saturated heterocycles. The summed E-state index contributed by atoms with van der Waals surface area (Å²) in [4.78, 5) is 4.32. The molecule has 1 N–H and O–H groups in total. The summed E-state index contributed by atoms with van der Waals surface area (Å²) in [6.07, 6.45) is 0. The molecule has 0 amide bonds. The van der Waals surface area contributed by atoms with Crippen LogP contribution in [0, 0.1) is 18.6 Å². The molecule has 0 unspecified atom stereocenters. The molecule has 2 aromatic rings. The zero-order chi connectivity index (χ0) is 14.5. The molecule has 6 heteroatoms. The summed E-state index contributed by atoms with van der Waals surface area (Å²) >= 11 is 1.42. The Kier molecular flexibility index (Phi) is 5.17. The van der Waals surface area contributed by atoms with Crippen LogP contribution < -0.4 is 5.32 Å². The van der Waals surface area contributed by atoms with E-state index in [1.54, 1.807) is 12.5 Å². The zero-order valence-electron chi connectivity index (χ0n) is 11.4. The molecule has 0 fully saturated rings. The first kappa shape index (κ1) is 15.0. The smallest absolute Gasteiger partial charge is 0.133 e. The van der Waals surface area contributed by atoms with Crippen molar-refractivity contribution in [1.82, 2.24) is 10.3 Å². The summed E-state index contributed by atoms with van der Waals surface area (Å²) in [6, 6.07) is 2.39. The van der Waals surface area contributed by atoms with Crippen molar-refractivity contribution in [3.8, 4) is 11.3 Å². The van der Waals surface area contributed by atoms with Gasteiger partial charge < -0.3 is 10.1 Å². The zero-order valence-corrected chi connectivity index (χ0v) is 12.2. The van der Waals surface area contributed by atoms with Gasteiger partial charge in [0.15, 0.2) is 0 Å². The van der Waals surface area contributed by atoms with Crippen molar-refractivity contribution in [2.75, 3.05) is 20.3 Å². The highest BCUT2D eigenvalue weighted by Gasteiger charge is 2.12. The van der Waals surface area contributed by atoms with E-state index in [9.17, 15) is 8.78 Å². The first-order valence-corrected chi connectivity index (χ1v) is 7.10. The largest absolute Gasteiger partial charge is 0.383 e. The Morgan fingerprint density at radius 1 is 1.30 bits per heavy atom. The second kappa shape index (κ2) is 6.88. The van der Waals surface area contributed by atoms with Crippen molar-refractivity contribution >= 4 is 11.3 Å². The van der Waals surface area contributed by atoms with Gasteiger partial charge in [0.1, 0.15) is 16.6 Å². The topological polar surface area (TPSA) is 34.1 Å². The monoisotopic (exact) mass is 298 g/mol. The second-order valence-corrected chi connectivity index (χ2v) is 5.32. The fourth-order valence-electron chi connectivity index (χ4n) is 1.73. The fourth-order valence-corrected chi connectivity index (χ4v) is 2.49. The molecule has 0 spiro atoms. The van der Waals surface area contributed by atoms with E-state index in [1.165, 1.54) is 30.4 Å². The van der Waals surface area contributed by atoms with Gasteiger partial charge in [0.25, 0.3) is 0 Å². The van der Waals surface area contributed by atoms with E-state index in [-0.39, 0.29) is 5.56 Å². The van der Waals surface area contributed by atoms with E-state index in [2.05, 4.69) is 10.3 Å². The Labute approximate surface area is 120 Å². The maximum Gasteiger partial charge on any atom is 0.133 e. The first-order chi connectivity index (χ1) is 9.61. The lowest BCUT2D eigenvalue weighted by Crippen LogP contribution is -2.18. The van der Waals surface area contributed by atoms with Crippen LogP contribution in [0.25, 0.3) is 11.3 Å². The van der Waals surface area contributed by atoms with Gasteiger partial charge in [-0.05, 0) is 24.6 Å². The number of nitrogens with zero attached hydrogens (tertiary/aromatic N) is 1. The molecule has 108 valence electrons. The molecule has 1 aromatic carbocycles. The van der Waals surface area contributed by atoms with Gasteiger partial charge in [0.05, 0.1) is 12.3 Å². The normalized spacial score (nSPS) is 11.0. The van der Waals surface area contributed by atoms with E-state index in [0.29, 0.717) is 24.4 Å². The SMILES string of the molecule is COCCNCc1nc(-c2cc(F)c(C)cc2F)cs1. The Morgan fingerprint density at radius 3 is 2.85 bits per heavy atom. The van der Waals surface area contributed by atoms with Crippen molar-refractivity contribution in [3.05, 3.63) is 39.7 Å². The maximum atomic E-state index is 13.8. The van der Waals surface area contributed by atoms with E-state index in [4.69, 9.17) is 4.74 Å². The lowest BCUT2D eigenvalue weighted by atomic mass is 10.1. The average molecular weight is 298 g/mol. The lowest BCUT2D eigenvalue weighted by molar-refractivity contribution is 0.199. The van der Waals surface area contributed by atoms with Crippen molar-refractivity contribution < 1.29 is 13.5 Å². The summed E-state index contributed by atoms with van der Waals surface area (Å²) in [5.41, 5.74) is 0.963. The van der Waals surface area contributed by atoms with Crippen molar-refractivity contribution in [1.29, 1.82) is 0 Å². The van der Waals surface area contributed by atoms with Gasteiger partial charge in [0.2, 0.25) is 0 Å². The predicted molar refractivity (Wildman–Crippen MR) is 75.8 cm³/mol. The molecule has 0 saturated carbocycles. The Hall–Kier alpha value is -1.37. The molecule has 0 aliphatic heterocycles. The van der Waals surface area contributed by atoms with Crippen molar-refractivity contribution in [3.63, 3.8) is 0 Å². The number of hydrogen-bond donors (Lipinski definition) is 1. The predicted octanol–water partition coefficient (Wildman–Crippen LogP) is 3.13. The second-order valence-electron chi connectivity index (χ2n) is 4.38. The number of rotatable bonds is 6. The fraction of sp³-hybridized carbons (Fsp3) is 0.357. The van der Waals surface area contributed by atoms with Crippen LogP contribution in [0.3, 0.4) is 0 Å². The van der Waals surface area contributed by atoms with Crippen LogP contribution in [0.4, 0.5) is 8.78 Å². The molecule has 20 heavy (non-hydrogen) atoms. The minimum absolute atomic E-state index is 0.201. The number of halogens is 2. The number of thiazole rings is 1. The number of nitrogens with one attached hydrogen (secondary N) is 1. The third kappa shape index (κ3) is 3.59. The highest BCUT2D eigenvalue weighted by molar-refractivity contribution is 7.09. The Morgan fingerprint density at radius 2 is 2.10 bits per heavy atom. The Balaban J connectivity index is 2.10. The van der Waals surface area contributed by atoms with E-state index < -0.39 is 11.6 Å². The van der Waals surface area contributed by atoms with Gasteiger partial charge in [-0.15, -0.1) is 11.3 Å². The number of ether oxygens (including phenoxy) is 1. The molecule has 3 nitrogen and oxygen atoms in total. The van der Waals surface area contributed by atoms with E-state index in [1.807, 2.05) is 0 Å². The number of aromatic nitrogens is 1. The Bertz CT molecular complexity index is 587. The molecule has 0 aliphatic carbocycles. The highest BCUT2D eigenvalue weighted by Crippen LogP contribution is 2.26. The number of methoxy groups -OCH3 is 1. The standard InChI is InChI=1S/C14H16F2N2OS/c1-9-5-12(16)10(6-11(9)15)13-8-20-14(18-13)7-17-3-4-19-2/h5-6,8,17H,3-4,7H2,1-2H3. The van der Waals surface area contributed by atoms with Gasteiger partial charge in [-0.2, -0.15) is 0 Å². The minimum Gasteiger partial charge on any atom is -0.383 e. The first-order valence-electron chi connectivity index (χ1n) is 6.22. The van der Waals surface area contributed by atoms with Gasteiger partial charge >= 0.3 is 0 Å². The molecular weight excluding hydrogens is 282 g/mol. The third-order valence-electron chi connectivity index (χ3n) is 2.84. The van der Waals surface area contributed by atoms with Crippen LogP contribution in [0.1, 0.15) is 10.6 Å². The maximum absolute atomic E-state index is 13.8. The van der Waals surface area contributed by atoms with Crippen LogP contribution in [-0.2, 0) is 11.3 Å². The van der Waals surface area contributed by atoms with Crippen molar-refractivity contribution in [2.45, 2.75) is 13.5 Å². The molecule has 0 radical (unpaired) electrons. The molecule has 0 aliphatic rings. The van der Waals surface area contributed by atoms with E-state index in [0.717, 1.165) is 11.6 Å². The van der Waals surface area contributed by atoms with Crippen molar-refractivity contribution in [2.24, 2.45) is 0 Å². The summed E-state index contributed by atoms with van der Waals surface area (Å²) in [5.74, 6) is -0.873. The van der Waals surface area contributed by atoms with Crippen LogP contribution in [0.5, 0.6) is 0 Å². The molecular formula is C14H16F2N2OS. The van der Waals surface area contributed by atoms with Crippen LogP contribution in [0.15, 0.2) is 17.5 Å². The molecule has 0 atom stereocenters. The van der Waals surface area contributed by atoms with Gasteiger partial charge in [-0.25, -0.2) is 13.8 Å². The minimum atomic E-state index is -0.451. The summed E-state index contributed by atoms with van der Waals surface area (Å²) in [5, 5.41) is 5.72. The molecule has 1 aromatic heterocycles. The molecule has 2 rings (SSSR count). The molecule has 0 bridgehead atoms. The summed E-state index contributed by atoms with van der Waals surface area (Å²) < 4.78 is 32.3. The van der Waals surface area contributed by atoms with Gasteiger partial charge in [0, 0.05) is 31.1 Å². The highest BCUT2D eigenvalue weighted by atomic mass is 32.1. The van der Waals surface area contributed by atoms with Crippen LogP contribution in [0.2, 0.25) is 0 Å². The number of aryl methyl sites for hydroxylation is 1. The van der Waals surface area contributed by atoms with Gasteiger partial charge in [-0.3, -0.25) is 0 Å². The summed E-state index contributed by atoms with van der Waals surface area (Å²) in [6.45, 7) is 3.47. The number of benzene rings is 1. The summed E-state index contributed by atoms with van der Waals surface area (Å²) in [7, 11) is 1.64. The molecule has 1 heterocycles.